The van der Waals surface area contributed by atoms with Crippen molar-refractivity contribution in [3.8, 4) is 5.75 Å². The highest BCUT2D eigenvalue weighted by Gasteiger charge is 2.50. The molecule has 1 aliphatic rings. The lowest BCUT2D eigenvalue weighted by molar-refractivity contribution is 0.345. The molecule has 212 valence electrons. The van der Waals surface area contributed by atoms with E-state index in [2.05, 4.69) is 69.3 Å². The first-order chi connectivity index (χ1) is 19.5. The molecule has 1 aliphatic carbocycles. The lowest BCUT2D eigenvalue weighted by Crippen LogP contribution is -2.66. The number of rotatable bonds is 9. The van der Waals surface area contributed by atoms with Gasteiger partial charge in [0.05, 0.1) is 6.61 Å². The van der Waals surface area contributed by atoms with Crippen molar-refractivity contribution in [3.05, 3.63) is 125 Å². The van der Waals surface area contributed by atoms with Gasteiger partial charge >= 0.3 is 10.1 Å². The highest BCUT2D eigenvalue weighted by Crippen LogP contribution is 2.43. The minimum absolute atomic E-state index is 0.139. The monoisotopic (exact) mass is 582 g/mol. The van der Waals surface area contributed by atoms with Gasteiger partial charge in [-0.25, -0.2) is 0 Å². The Balaban J connectivity index is 1.57. The number of aryl methyl sites for hydroxylation is 2. The van der Waals surface area contributed by atoms with Gasteiger partial charge in [0.1, 0.15) is 4.90 Å². The maximum Gasteiger partial charge on any atom is 0.339 e. The lowest BCUT2D eigenvalue weighted by Gasteiger charge is -2.43. The summed E-state index contributed by atoms with van der Waals surface area (Å²) in [5, 5.41) is 2.25. The third-order valence-corrected chi connectivity index (χ3v) is 14.0. The Bertz CT molecular complexity index is 1610. The second-order valence-electron chi connectivity index (χ2n) is 11.9. The Morgan fingerprint density at radius 1 is 0.756 bits per heavy atom. The first kappa shape index (κ1) is 29.1. The summed E-state index contributed by atoms with van der Waals surface area (Å²) in [4.78, 5) is 0.139. The van der Waals surface area contributed by atoms with Crippen molar-refractivity contribution >= 4 is 34.4 Å². The predicted molar refractivity (Wildman–Crippen MR) is 170 cm³/mol. The molecule has 41 heavy (non-hydrogen) atoms. The highest BCUT2D eigenvalue weighted by molar-refractivity contribution is 7.87. The van der Waals surface area contributed by atoms with Gasteiger partial charge in [0, 0.05) is 5.56 Å². The molecule has 4 nitrogen and oxygen atoms in total. The average molecular weight is 583 g/mol. The smallest absolute Gasteiger partial charge is 0.339 e. The SMILES string of the molecule is Cc1ccc(S(=O)(=O)Oc2cc(C)ccc2C(CO[Si](c2ccccc2)(c2ccccc2)C(C)(C)C)=C2CC2)cc1. The van der Waals surface area contributed by atoms with E-state index in [0.29, 0.717) is 12.4 Å². The van der Waals surface area contributed by atoms with Crippen LogP contribution in [0, 0.1) is 13.8 Å². The van der Waals surface area contributed by atoms with Gasteiger partial charge in [-0.2, -0.15) is 8.42 Å². The summed E-state index contributed by atoms with van der Waals surface area (Å²) in [5.41, 5.74) is 4.99. The number of hydrogen-bond acceptors (Lipinski definition) is 4. The molecule has 0 radical (unpaired) electrons. The van der Waals surface area contributed by atoms with Crippen molar-refractivity contribution in [2.45, 2.75) is 57.4 Å². The van der Waals surface area contributed by atoms with E-state index >= 15 is 0 Å². The molecule has 0 bridgehead atoms. The van der Waals surface area contributed by atoms with Crippen LogP contribution in [0.1, 0.15) is 50.3 Å². The van der Waals surface area contributed by atoms with Crippen LogP contribution < -0.4 is 14.6 Å². The largest absolute Gasteiger partial charge is 0.403 e. The summed E-state index contributed by atoms with van der Waals surface area (Å²) in [6, 6.07) is 33.7. The summed E-state index contributed by atoms with van der Waals surface area (Å²) in [5.74, 6) is 0.339. The summed E-state index contributed by atoms with van der Waals surface area (Å²) in [7, 11) is -6.80. The Kier molecular flexibility index (Phi) is 8.10. The molecule has 1 saturated carbocycles. The molecule has 0 saturated heterocycles. The molecule has 0 spiro atoms. The zero-order valence-corrected chi connectivity index (χ0v) is 26.3. The van der Waals surface area contributed by atoms with Gasteiger partial charge in [-0.1, -0.05) is 117 Å². The first-order valence-electron chi connectivity index (χ1n) is 14.1. The van der Waals surface area contributed by atoms with Gasteiger partial charge in [-0.3, -0.25) is 0 Å². The molecule has 4 aromatic carbocycles. The fourth-order valence-corrected chi connectivity index (χ4v) is 11.0. The van der Waals surface area contributed by atoms with E-state index in [1.165, 1.54) is 15.9 Å². The maximum absolute atomic E-state index is 13.3. The van der Waals surface area contributed by atoms with Crippen molar-refractivity contribution in [3.63, 3.8) is 0 Å². The van der Waals surface area contributed by atoms with Gasteiger partial charge in [0.25, 0.3) is 8.32 Å². The van der Waals surface area contributed by atoms with Crippen molar-refractivity contribution < 1.29 is 17.0 Å². The van der Waals surface area contributed by atoms with Crippen LogP contribution in [0.2, 0.25) is 5.04 Å². The Hall–Kier alpha value is -3.45. The third-order valence-electron chi connectivity index (χ3n) is 7.75. The molecule has 0 aliphatic heterocycles. The molecule has 0 N–H and O–H groups in total. The van der Waals surface area contributed by atoms with E-state index in [1.54, 1.807) is 24.3 Å². The summed E-state index contributed by atoms with van der Waals surface area (Å²) >= 11 is 0. The standard InChI is InChI=1S/C35H38O4SSi/c1-26-16-21-29(22-17-26)40(36,37)39-34-24-27(2)18-23-32(34)33(28-19-20-28)25-38-41(35(3,4)5,30-12-8-6-9-13-30)31-14-10-7-11-15-31/h6-18,21-24H,19-20,25H2,1-5H3. The molecule has 1 fully saturated rings. The van der Waals surface area contributed by atoms with E-state index in [0.717, 1.165) is 35.1 Å². The minimum atomic E-state index is -4.02. The summed E-state index contributed by atoms with van der Waals surface area (Å²) < 4.78 is 39.8. The van der Waals surface area contributed by atoms with Gasteiger partial charge in [0.15, 0.2) is 5.75 Å². The molecule has 4 aromatic rings. The van der Waals surface area contributed by atoms with Crippen LogP contribution in [-0.2, 0) is 14.5 Å². The highest BCUT2D eigenvalue weighted by atomic mass is 32.2. The minimum Gasteiger partial charge on any atom is -0.403 e. The Morgan fingerprint density at radius 2 is 1.29 bits per heavy atom. The van der Waals surface area contributed by atoms with Crippen LogP contribution in [0.5, 0.6) is 5.75 Å². The Labute approximate surface area is 245 Å². The van der Waals surface area contributed by atoms with E-state index in [9.17, 15) is 8.42 Å². The second kappa shape index (κ2) is 11.4. The molecule has 0 amide bonds. The third kappa shape index (κ3) is 6.10. The van der Waals surface area contributed by atoms with E-state index in [4.69, 9.17) is 8.61 Å². The molecular formula is C35H38O4SSi. The fraction of sp³-hybridized carbons (Fsp3) is 0.257. The first-order valence-corrected chi connectivity index (χ1v) is 17.4. The number of benzene rings is 4. The van der Waals surface area contributed by atoms with Crippen molar-refractivity contribution in [1.29, 1.82) is 0 Å². The molecule has 0 heterocycles. The van der Waals surface area contributed by atoms with Crippen LogP contribution in [0.4, 0.5) is 0 Å². The molecular weight excluding hydrogens is 545 g/mol. The van der Waals surface area contributed by atoms with Crippen molar-refractivity contribution in [2.75, 3.05) is 6.61 Å². The second-order valence-corrected chi connectivity index (χ2v) is 17.7. The van der Waals surface area contributed by atoms with Crippen molar-refractivity contribution in [1.82, 2.24) is 0 Å². The summed E-state index contributed by atoms with van der Waals surface area (Å²) in [6.45, 7) is 11.0. The average Bonchev–Trinajstić information content (AvgIpc) is 3.78. The van der Waals surface area contributed by atoms with Gasteiger partial charge < -0.3 is 8.61 Å². The van der Waals surface area contributed by atoms with Crippen molar-refractivity contribution in [2.24, 2.45) is 0 Å². The predicted octanol–water partition coefficient (Wildman–Crippen LogP) is 7.20. The number of hydrogen-bond donors (Lipinski definition) is 0. The molecule has 6 heteroatoms. The van der Waals surface area contributed by atoms with Crippen LogP contribution in [-0.4, -0.2) is 23.3 Å². The van der Waals surface area contributed by atoms with Crippen LogP contribution in [0.3, 0.4) is 0 Å². The maximum atomic E-state index is 13.3. The van der Waals surface area contributed by atoms with E-state index < -0.39 is 18.4 Å². The van der Waals surface area contributed by atoms with Crippen LogP contribution in [0.15, 0.2) is 114 Å². The zero-order valence-electron chi connectivity index (χ0n) is 24.5. The van der Waals surface area contributed by atoms with Crippen LogP contribution in [0.25, 0.3) is 5.57 Å². The quantitative estimate of drug-likeness (QED) is 0.155. The van der Waals surface area contributed by atoms with Gasteiger partial charge in [-0.15, -0.1) is 0 Å². The fourth-order valence-electron chi connectivity index (χ4n) is 5.50. The Morgan fingerprint density at radius 3 is 1.80 bits per heavy atom. The van der Waals surface area contributed by atoms with E-state index in [1.807, 2.05) is 44.2 Å². The lowest BCUT2D eigenvalue weighted by atomic mass is 10.0. The number of allylic oxidation sites excluding steroid dienone is 1. The zero-order chi connectivity index (χ0) is 29.3. The molecule has 5 rings (SSSR count). The van der Waals surface area contributed by atoms with E-state index in [-0.39, 0.29) is 9.93 Å². The van der Waals surface area contributed by atoms with Crippen LogP contribution >= 0.6 is 0 Å². The molecule has 0 unspecified atom stereocenters. The summed E-state index contributed by atoms with van der Waals surface area (Å²) in [6.07, 6.45) is 1.94. The van der Waals surface area contributed by atoms with Gasteiger partial charge in [0.2, 0.25) is 0 Å². The topological polar surface area (TPSA) is 52.6 Å². The normalized spacial score (nSPS) is 13.6. The van der Waals surface area contributed by atoms with Gasteiger partial charge in [-0.05, 0) is 71.4 Å². The molecule has 0 aromatic heterocycles. The molecule has 0 atom stereocenters.